The summed E-state index contributed by atoms with van der Waals surface area (Å²) in [6.45, 7) is 5.40. The number of nitrogens with zero attached hydrogens (tertiary/aromatic N) is 5. The van der Waals surface area contributed by atoms with Gasteiger partial charge in [-0.2, -0.15) is 9.97 Å². The highest BCUT2D eigenvalue weighted by atomic mass is 16.5. The number of ether oxygens (including phenoxy) is 1. The van der Waals surface area contributed by atoms with Crippen LogP contribution in [0.2, 0.25) is 0 Å². The lowest BCUT2D eigenvalue weighted by Gasteiger charge is -2.33. The van der Waals surface area contributed by atoms with E-state index in [1.807, 2.05) is 12.1 Å². The predicted octanol–water partition coefficient (Wildman–Crippen LogP) is 1.97. The van der Waals surface area contributed by atoms with Crippen LogP contribution in [-0.4, -0.2) is 74.9 Å². The molecule has 4 heterocycles. The first-order chi connectivity index (χ1) is 20.8. The molecule has 2 aliphatic heterocycles. The van der Waals surface area contributed by atoms with Gasteiger partial charge in [-0.05, 0) is 49.3 Å². The average Bonchev–Trinajstić information content (AvgIpc) is 3.50. The number of H-pyrrole nitrogens is 1. The van der Waals surface area contributed by atoms with Crippen molar-refractivity contribution in [3.05, 3.63) is 52.5 Å². The number of unbranched alkanes of at least 4 members (excludes halogenated alkanes) is 1. The number of hydrogen-bond acceptors (Lipinski definition) is 9. The SMILES string of the molecule is CCCCOc1nc(N)c2[nH]c(=O)n(Cc3ccc(N4CCC(CCNC(=O)CCN5C(=O)C=CC5=O)CC4)cc3)c2n1. The number of hydrogen-bond donors (Lipinski definition) is 3. The van der Waals surface area contributed by atoms with Crippen LogP contribution in [0.25, 0.3) is 11.2 Å². The lowest BCUT2D eigenvalue weighted by molar-refractivity contribution is -0.137. The Bertz CT molecular complexity index is 1530. The number of imide groups is 1. The first-order valence-electron chi connectivity index (χ1n) is 14.8. The number of fused-ring (bicyclic) bond motifs is 1. The van der Waals surface area contributed by atoms with E-state index < -0.39 is 0 Å². The highest BCUT2D eigenvalue weighted by molar-refractivity contribution is 6.13. The number of amides is 3. The fourth-order valence-electron chi connectivity index (χ4n) is 5.39. The summed E-state index contributed by atoms with van der Waals surface area (Å²) in [7, 11) is 0. The summed E-state index contributed by atoms with van der Waals surface area (Å²) < 4.78 is 7.17. The minimum Gasteiger partial charge on any atom is -0.463 e. The van der Waals surface area contributed by atoms with Crippen LogP contribution in [0.5, 0.6) is 6.01 Å². The van der Waals surface area contributed by atoms with Gasteiger partial charge in [0.1, 0.15) is 5.52 Å². The molecule has 2 aromatic heterocycles. The van der Waals surface area contributed by atoms with Gasteiger partial charge in [-0.25, -0.2) is 4.79 Å². The van der Waals surface area contributed by atoms with Gasteiger partial charge in [-0.3, -0.25) is 23.9 Å². The molecule has 0 radical (unpaired) electrons. The zero-order valence-corrected chi connectivity index (χ0v) is 24.4. The van der Waals surface area contributed by atoms with Crippen LogP contribution < -0.4 is 26.4 Å². The van der Waals surface area contributed by atoms with Crippen LogP contribution in [0.1, 0.15) is 51.0 Å². The third kappa shape index (κ3) is 7.22. The van der Waals surface area contributed by atoms with E-state index >= 15 is 0 Å². The Balaban J connectivity index is 1.08. The number of aromatic amines is 1. The van der Waals surface area contributed by atoms with Crippen LogP contribution in [0.15, 0.2) is 41.2 Å². The minimum absolute atomic E-state index is 0.101. The van der Waals surface area contributed by atoms with Gasteiger partial charge in [0.25, 0.3) is 11.8 Å². The highest BCUT2D eigenvalue weighted by Gasteiger charge is 2.24. The third-order valence-corrected chi connectivity index (χ3v) is 7.95. The van der Waals surface area contributed by atoms with Gasteiger partial charge >= 0.3 is 11.7 Å². The van der Waals surface area contributed by atoms with Gasteiger partial charge in [0, 0.05) is 50.4 Å². The Hall–Kier alpha value is -4.68. The summed E-state index contributed by atoms with van der Waals surface area (Å²) >= 11 is 0. The van der Waals surface area contributed by atoms with Crippen LogP contribution in [0.4, 0.5) is 11.5 Å². The van der Waals surface area contributed by atoms with Crippen molar-refractivity contribution in [3.8, 4) is 6.01 Å². The van der Waals surface area contributed by atoms with Crippen molar-refractivity contribution in [2.75, 3.05) is 43.4 Å². The molecule has 13 heteroatoms. The molecule has 228 valence electrons. The Morgan fingerprint density at radius 1 is 1.09 bits per heavy atom. The van der Waals surface area contributed by atoms with Crippen molar-refractivity contribution in [2.24, 2.45) is 5.92 Å². The first kappa shape index (κ1) is 29.8. The molecule has 1 saturated heterocycles. The Labute approximate surface area is 249 Å². The Morgan fingerprint density at radius 3 is 2.51 bits per heavy atom. The number of imidazole rings is 1. The van der Waals surface area contributed by atoms with Crippen LogP contribution in [0, 0.1) is 5.92 Å². The second-order valence-electron chi connectivity index (χ2n) is 11.0. The number of aromatic nitrogens is 4. The van der Waals surface area contributed by atoms with Crippen molar-refractivity contribution < 1.29 is 19.1 Å². The standard InChI is InChI=1S/C30H38N8O5/c1-2-3-18-43-29-34-27(31)26-28(35-29)38(30(42)33-26)19-21-4-6-22(7-5-21)36-15-11-20(12-16-36)10-14-32-23(39)13-17-37-24(40)8-9-25(37)41/h4-9,20H,2-3,10-19H2,1H3,(H,32,39)(H,33,42)(H2,31,34,35). The topological polar surface area (TPSA) is 169 Å². The summed E-state index contributed by atoms with van der Waals surface area (Å²) in [6.07, 6.45) is 7.34. The smallest absolute Gasteiger partial charge is 0.328 e. The fourth-order valence-corrected chi connectivity index (χ4v) is 5.39. The number of nitrogens with one attached hydrogen (secondary N) is 2. The maximum atomic E-state index is 12.7. The quantitative estimate of drug-likeness (QED) is 0.199. The van der Waals surface area contributed by atoms with Gasteiger partial charge in [-0.15, -0.1) is 0 Å². The number of anilines is 2. The van der Waals surface area contributed by atoms with Crippen molar-refractivity contribution >= 4 is 40.4 Å². The molecule has 2 aliphatic rings. The summed E-state index contributed by atoms with van der Waals surface area (Å²) in [6, 6.07) is 8.35. The van der Waals surface area contributed by atoms with E-state index in [0.29, 0.717) is 36.8 Å². The van der Waals surface area contributed by atoms with E-state index in [9.17, 15) is 19.2 Å². The molecule has 3 aromatic rings. The van der Waals surface area contributed by atoms with Crippen molar-refractivity contribution in [2.45, 2.75) is 52.0 Å². The molecule has 13 nitrogen and oxygen atoms in total. The van der Waals surface area contributed by atoms with E-state index in [2.05, 4.69) is 44.2 Å². The van der Waals surface area contributed by atoms with Gasteiger partial charge < -0.3 is 25.7 Å². The highest BCUT2D eigenvalue weighted by Crippen LogP contribution is 2.26. The molecule has 0 atom stereocenters. The predicted molar refractivity (Wildman–Crippen MR) is 162 cm³/mol. The fraction of sp³-hybridized carbons (Fsp3) is 0.467. The summed E-state index contributed by atoms with van der Waals surface area (Å²) in [4.78, 5) is 62.9. The van der Waals surface area contributed by atoms with Crippen LogP contribution >= 0.6 is 0 Å². The van der Waals surface area contributed by atoms with E-state index in [1.165, 1.54) is 12.2 Å². The van der Waals surface area contributed by atoms with Crippen molar-refractivity contribution in [3.63, 3.8) is 0 Å². The second kappa shape index (κ2) is 13.5. The molecule has 1 aromatic carbocycles. The third-order valence-electron chi connectivity index (χ3n) is 7.95. The molecule has 3 amide bonds. The Morgan fingerprint density at radius 2 is 1.81 bits per heavy atom. The lowest BCUT2D eigenvalue weighted by atomic mass is 9.93. The monoisotopic (exact) mass is 590 g/mol. The van der Waals surface area contributed by atoms with E-state index in [0.717, 1.165) is 61.3 Å². The molecule has 4 N–H and O–H groups in total. The molecule has 43 heavy (non-hydrogen) atoms. The molecule has 0 spiro atoms. The normalized spacial score (nSPS) is 15.6. The van der Waals surface area contributed by atoms with Gasteiger partial charge in [0.05, 0.1) is 13.2 Å². The molecular formula is C30H38N8O5. The lowest BCUT2D eigenvalue weighted by Crippen LogP contribution is -2.36. The molecule has 0 aliphatic carbocycles. The van der Waals surface area contributed by atoms with Gasteiger partial charge in [-0.1, -0.05) is 25.5 Å². The largest absolute Gasteiger partial charge is 0.463 e. The van der Waals surface area contributed by atoms with E-state index in [4.69, 9.17) is 10.5 Å². The number of benzene rings is 1. The average molecular weight is 591 g/mol. The summed E-state index contributed by atoms with van der Waals surface area (Å²) in [5, 5.41) is 2.91. The molecule has 1 fully saturated rings. The molecule has 0 bridgehead atoms. The maximum absolute atomic E-state index is 12.7. The number of nitrogens with two attached hydrogens (primary N) is 1. The van der Waals surface area contributed by atoms with Crippen LogP contribution in [0.3, 0.4) is 0 Å². The maximum Gasteiger partial charge on any atom is 0.328 e. The van der Waals surface area contributed by atoms with Gasteiger partial charge in [0.2, 0.25) is 5.91 Å². The van der Waals surface area contributed by atoms with Gasteiger partial charge in [0.15, 0.2) is 11.5 Å². The number of carbonyl (C=O) groups is 3. The summed E-state index contributed by atoms with van der Waals surface area (Å²) in [5.74, 6) is -0.199. The van der Waals surface area contributed by atoms with E-state index in [-0.39, 0.29) is 48.2 Å². The molecule has 0 saturated carbocycles. The molecule has 0 unspecified atom stereocenters. The first-order valence-corrected chi connectivity index (χ1v) is 14.8. The summed E-state index contributed by atoms with van der Waals surface area (Å²) in [5.41, 5.74) is 8.66. The second-order valence-corrected chi connectivity index (χ2v) is 11.0. The number of nitrogen functional groups attached to an aromatic ring is 1. The zero-order valence-electron chi connectivity index (χ0n) is 24.4. The van der Waals surface area contributed by atoms with E-state index in [1.54, 1.807) is 4.57 Å². The van der Waals surface area contributed by atoms with Crippen molar-refractivity contribution in [1.82, 2.24) is 29.7 Å². The number of carbonyl (C=O) groups excluding carboxylic acids is 3. The van der Waals surface area contributed by atoms with Crippen molar-refractivity contribution in [1.29, 1.82) is 0 Å². The number of rotatable bonds is 13. The molecule has 5 rings (SSSR count). The number of piperidine rings is 1. The van der Waals surface area contributed by atoms with Crippen LogP contribution in [-0.2, 0) is 20.9 Å². The molecular weight excluding hydrogens is 552 g/mol. The Kier molecular flexibility index (Phi) is 9.38. The zero-order chi connectivity index (χ0) is 30.3. The minimum atomic E-state index is -0.369.